The van der Waals surface area contributed by atoms with Crippen molar-refractivity contribution in [1.82, 2.24) is 20.2 Å². The monoisotopic (exact) mass is 302 g/mol. The van der Waals surface area contributed by atoms with Crippen LogP contribution in [0.1, 0.15) is 39.7 Å². The van der Waals surface area contributed by atoms with Crippen molar-refractivity contribution in [2.24, 2.45) is 11.8 Å². The molecule has 0 bridgehead atoms. The summed E-state index contributed by atoms with van der Waals surface area (Å²) in [4.78, 5) is 0. The first-order chi connectivity index (χ1) is 9.38. The first kappa shape index (κ1) is 17.1. The lowest BCUT2D eigenvalue weighted by atomic mass is 9.99. The van der Waals surface area contributed by atoms with Crippen LogP contribution in [0.2, 0.25) is 0 Å². The molecule has 1 aromatic rings. The molecule has 1 atom stereocenters. The van der Waals surface area contributed by atoms with E-state index in [0.29, 0.717) is 24.6 Å². The predicted molar refractivity (Wildman–Crippen MR) is 79.8 cm³/mol. The molecule has 0 aliphatic heterocycles. The van der Waals surface area contributed by atoms with Gasteiger partial charge in [0.05, 0.1) is 6.20 Å². The Labute approximate surface area is 121 Å². The van der Waals surface area contributed by atoms with Crippen LogP contribution >= 0.6 is 0 Å². The van der Waals surface area contributed by atoms with Crippen molar-refractivity contribution in [3.63, 3.8) is 0 Å². The Morgan fingerprint density at radius 1 is 1.35 bits per heavy atom. The second-order valence-corrected chi connectivity index (χ2v) is 7.18. The summed E-state index contributed by atoms with van der Waals surface area (Å²) < 4.78 is 27.2. The van der Waals surface area contributed by atoms with Gasteiger partial charge < -0.3 is 5.32 Å². The number of rotatable bonds is 9. The van der Waals surface area contributed by atoms with E-state index in [0.717, 1.165) is 13.0 Å². The van der Waals surface area contributed by atoms with Gasteiger partial charge in [0.1, 0.15) is 0 Å². The lowest BCUT2D eigenvalue weighted by molar-refractivity contribution is 0.414. The molecule has 3 N–H and O–H groups in total. The largest absolute Gasteiger partial charge is 0.313 e. The van der Waals surface area contributed by atoms with Gasteiger partial charge in [0.25, 0.3) is 10.0 Å². The molecule has 0 aliphatic rings. The van der Waals surface area contributed by atoms with Crippen LogP contribution in [0.4, 0.5) is 0 Å². The zero-order valence-electron chi connectivity index (χ0n) is 12.7. The molecule has 0 fully saturated rings. The van der Waals surface area contributed by atoms with Crippen LogP contribution in [0.5, 0.6) is 0 Å². The van der Waals surface area contributed by atoms with E-state index < -0.39 is 10.0 Å². The highest BCUT2D eigenvalue weighted by Gasteiger charge is 2.21. The molecule has 1 unspecified atom stereocenters. The molecule has 0 saturated carbocycles. The van der Waals surface area contributed by atoms with E-state index in [1.165, 1.54) is 0 Å². The average Bonchev–Trinajstić information content (AvgIpc) is 2.85. The van der Waals surface area contributed by atoms with Crippen molar-refractivity contribution in [3.05, 3.63) is 11.8 Å². The number of H-pyrrole nitrogens is 1. The molecule has 116 valence electrons. The molecule has 1 heterocycles. The highest BCUT2D eigenvalue weighted by atomic mass is 32.2. The molecule has 0 radical (unpaired) electrons. The highest BCUT2D eigenvalue weighted by Crippen LogP contribution is 2.13. The van der Waals surface area contributed by atoms with Gasteiger partial charge in [0, 0.05) is 18.7 Å². The Balaban J connectivity index is 2.70. The van der Waals surface area contributed by atoms with Crippen LogP contribution in [0.25, 0.3) is 0 Å². The van der Waals surface area contributed by atoms with Gasteiger partial charge in [-0.3, -0.25) is 5.10 Å². The number of sulfonamides is 1. The molecular weight excluding hydrogens is 276 g/mol. The van der Waals surface area contributed by atoms with Gasteiger partial charge in [-0.1, -0.05) is 27.7 Å². The summed E-state index contributed by atoms with van der Waals surface area (Å²) in [5.74, 6) is 0.722. The van der Waals surface area contributed by atoms with Crippen molar-refractivity contribution >= 4 is 10.0 Å². The predicted octanol–water partition coefficient (Wildman–Crippen LogP) is 1.48. The summed E-state index contributed by atoms with van der Waals surface area (Å²) >= 11 is 0. The average molecular weight is 302 g/mol. The van der Waals surface area contributed by atoms with Gasteiger partial charge in [-0.15, -0.1) is 0 Å². The third-order valence-corrected chi connectivity index (χ3v) is 4.86. The fourth-order valence-corrected chi connectivity index (χ4v) is 2.88. The van der Waals surface area contributed by atoms with E-state index in [9.17, 15) is 8.42 Å². The van der Waals surface area contributed by atoms with Crippen molar-refractivity contribution in [3.8, 4) is 0 Å². The zero-order chi connectivity index (χ0) is 15.2. The number of hydrogen-bond acceptors (Lipinski definition) is 4. The Kier molecular flexibility index (Phi) is 6.64. The quantitative estimate of drug-likeness (QED) is 0.603. The summed E-state index contributed by atoms with van der Waals surface area (Å²) in [5, 5.41) is 9.78. The van der Waals surface area contributed by atoms with Crippen LogP contribution in [-0.2, 0) is 16.6 Å². The fourth-order valence-electron chi connectivity index (χ4n) is 1.61. The van der Waals surface area contributed by atoms with Crippen molar-refractivity contribution < 1.29 is 8.42 Å². The van der Waals surface area contributed by atoms with Crippen LogP contribution < -0.4 is 10.0 Å². The highest BCUT2D eigenvalue weighted by molar-refractivity contribution is 7.89. The van der Waals surface area contributed by atoms with Crippen molar-refractivity contribution in [1.29, 1.82) is 0 Å². The second-order valence-electron chi connectivity index (χ2n) is 5.47. The van der Waals surface area contributed by atoms with Gasteiger partial charge >= 0.3 is 0 Å². The third-order valence-electron chi connectivity index (χ3n) is 3.42. The smallest absolute Gasteiger partial charge is 0.257 e. The SMILES string of the molecule is CCCNCc1cn[nH]c1S(=O)(=O)NCC(C)C(C)C. The van der Waals surface area contributed by atoms with E-state index in [-0.39, 0.29) is 10.9 Å². The molecule has 0 spiro atoms. The molecule has 0 saturated heterocycles. The van der Waals surface area contributed by atoms with Crippen LogP contribution in [0.15, 0.2) is 11.2 Å². The maximum absolute atomic E-state index is 12.3. The number of hydrogen-bond donors (Lipinski definition) is 3. The summed E-state index contributed by atoms with van der Waals surface area (Å²) in [6.45, 7) is 10.0. The Bertz CT molecular complexity index is 496. The minimum absolute atomic E-state index is 0.164. The van der Waals surface area contributed by atoms with Gasteiger partial charge in [0.15, 0.2) is 5.03 Å². The van der Waals surface area contributed by atoms with E-state index in [4.69, 9.17) is 0 Å². The van der Waals surface area contributed by atoms with E-state index in [1.54, 1.807) is 6.20 Å². The number of nitrogens with zero attached hydrogens (tertiary/aromatic N) is 1. The third kappa shape index (κ3) is 4.88. The summed E-state index contributed by atoms with van der Waals surface area (Å²) in [6, 6.07) is 0. The maximum Gasteiger partial charge on any atom is 0.257 e. The molecule has 1 aromatic heterocycles. The summed E-state index contributed by atoms with van der Waals surface area (Å²) in [7, 11) is -3.52. The van der Waals surface area contributed by atoms with Crippen LogP contribution in [-0.4, -0.2) is 31.7 Å². The number of aromatic amines is 1. The van der Waals surface area contributed by atoms with E-state index in [2.05, 4.69) is 41.0 Å². The Morgan fingerprint density at radius 3 is 2.65 bits per heavy atom. The van der Waals surface area contributed by atoms with Crippen LogP contribution in [0, 0.1) is 11.8 Å². The molecule has 0 amide bonds. The topological polar surface area (TPSA) is 86.9 Å². The number of aromatic nitrogens is 2. The normalized spacial score (nSPS) is 13.8. The van der Waals surface area contributed by atoms with Crippen molar-refractivity contribution in [2.75, 3.05) is 13.1 Å². The summed E-state index contributed by atoms with van der Waals surface area (Å²) in [6.07, 6.45) is 2.56. The second kappa shape index (κ2) is 7.75. The Hall–Kier alpha value is -0.920. The number of nitrogens with one attached hydrogen (secondary N) is 3. The van der Waals surface area contributed by atoms with Gasteiger partial charge in [-0.2, -0.15) is 5.10 Å². The first-order valence-electron chi connectivity index (χ1n) is 7.11. The standard InChI is InChI=1S/C13H26N4O2S/c1-5-6-14-8-12-9-15-17-13(12)20(18,19)16-7-11(4)10(2)3/h9-11,14,16H,5-8H2,1-4H3,(H,15,17). The minimum Gasteiger partial charge on any atom is -0.313 e. The van der Waals surface area contributed by atoms with Gasteiger partial charge in [-0.25, -0.2) is 13.1 Å². The molecule has 1 rings (SSSR count). The molecule has 0 aliphatic carbocycles. The van der Waals surface area contributed by atoms with Crippen molar-refractivity contribution in [2.45, 2.75) is 45.7 Å². The van der Waals surface area contributed by atoms with Gasteiger partial charge in [-0.05, 0) is 24.8 Å². The van der Waals surface area contributed by atoms with Gasteiger partial charge in [0.2, 0.25) is 0 Å². The lowest BCUT2D eigenvalue weighted by Crippen LogP contribution is -2.31. The molecule has 7 heteroatoms. The first-order valence-corrected chi connectivity index (χ1v) is 8.59. The molecule has 0 aromatic carbocycles. The lowest BCUT2D eigenvalue weighted by Gasteiger charge is -2.16. The van der Waals surface area contributed by atoms with Crippen LogP contribution in [0.3, 0.4) is 0 Å². The van der Waals surface area contributed by atoms with E-state index >= 15 is 0 Å². The maximum atomic E-state index is 12.3. The molecular formula is C13H26N4O2S. The summed E-state index contributed by atoms with van der Waals surface area (Å²) in [5.41, 5.74) is 0.670. The molecule has 6 nitrogen and oxygen atoms in total. The van der Waals surface area contributed by atoms with E-state index in [1.807, 2.05) is 6.92 Å². The Morgan fingerprint density at radius 2 is 2.05 bits per heavy atom. The zero-order valence-corrected chi connectivity index (χ0v) is 13.5. The molecule has 20 heavy (non-hydrogen) atoms. The fraction of sp³-hybridized carbons (Fsp3) is 0.769. The minimum atomic E-state index is -3.52.